The van der Waals surface area contributed by atoms with Crippen LogP contribution in [-0.4, -0.2) is 32.4 Å². The molecule has 0 aliphatic carbocycles. The fourth-order valence-electron chi connectivity index (χ4n) is 1.68. The summed E-state index contributed by atoms with van der Waals surface area (Å²) < 4.78 is 7.01. The molecule has 0 spiro atoms. The Bertz CT molecular complexity index is 357. The Morgan fingerprint density at radius 3 is 3.20 bits per heavy atom. The highest BCUT2D eigenvalue weighted by atomic mass is 16.5. The van der Waals surface area contributed by atoms with Crippen LogP contribution in [0.3, 0.4) is 0 Å². The topological polar surface area (TPSA) is 77.2 Å². The summed E-state index contributed by atoms with van der Waals surface area (Å²) in [6, 6.07) is -0.654. The van der Waals surface area contributed by atoms with E-state index in [0.29, 0.717) is 12.4 Å². The van der Waals surface area contributed by atoms with Gasteiger partial charge >= 0.3 is 5.97 Å². The lowest BCUT2D eigenvalue weighted by Gasteiger charge is -2.14. The molecule has 1 fully saturated rings. The lowest BCUT2D eigenvalue weighted by molar-refractivity contribution is -0.140. The van der Waals surface area contributed by atoms with E-state index in [1.807, 2.05) is 0 Å². The Balaban J connectivity index is 2.24. The number of aromatic nitrogens is 3. The largest absolute Gasteiger partial charge is 0.480 e. The smallest absolute Gasteiger partial charge is 0.326 e. The van der Waals surface area contributed by atoms with E-state index in [4.69, 9.17) is 9.84 Å². The Morgan fingerprint density at radius 1 is 1.80 bits per heavy atom. The van der Waals surface area contributed by atoms with Gasteiger partial charge in [0.25, 0.3) is 0 Å². The molecular weight excluding hydrogens is 198 g/mol. The number of ether oxygens (including phenoxy) is 1. The predicted octanol–water partition coefficient (Wildman–Crippen LogP) is 0.775. The van der Waals surface area contributed by atoms with E-state index in [0.717, 1.165) is 12.8 Å². The van der Waals surface area contributed by atoms with Crippen molar-refractivity contribution >= 4 is 5.97 Å². The fourth-order valence-corrected chi connectivity index (χ4v) is 1.68. The van der Waals surface area contributed by atoms with Crippen LogP contribution in [0.4, 0.5) is 0 Å². The van der Waals surface area contributed by atoms with Gasteiger partial charge in [0.05, 0.1) is 0 Å². The van der Waals surface area contributed by atoms with E-state index in [1.54, 1.807) is 11.5 Å². The molecule has 2 rings (SSSR count). The van der Waals surface area contributed by atoms with Crippen LogP contribution in [0.5, 0.6) is 0 Å². The summed E-state index contributed by atoms with van der Waals surface area (Å²) in [7, 11) is 0. The van der Waals surface area contributed by atoms with Crippen LogP contribution in [0.25, 0.3) is 0 Å². The van der Waals surface area contributed by atoms with E-state index >= 15 is 0 Å². The van der Waals surface area contributed by atoms with Gasteiger partial charge in [0, 0.05) is 6.61 Å². The molecule has 2 heterocycles. The molecule has 6 heteroatoms. The molecule has 0 bridgehead atoms. The van der Waals surface area contributed by atoms with Crippen molar-refractivity contribution in [3.63, 3.8) is 0 Å². The van der Waals surface area contributed by atoms with Crippen molar-refractivity contribution in [1.29, 1.82) is 0 Å². The van der Waals surface area contributed by atoms with Crippen molar-refractivity contribution in [3.8, 4) is 0 Å². The van der Waals surface area contributed by atoms with Crippen molar-refractivity contribution in [3.05, 3.63) is 12.2 Å². The van der Waals surface area contributed by atoms with Crippen LogP contribution in [0, 0.1) is 0 Å². The van der Waals surface area contributed by atoms with Crippen molar-refractivity contribution in [1.82, 2.24) is 14.8 Å². The lowest BCUT2D eigenvalue weighted by atomic mass is 10.2. The second-order valence-corrected chi connectivity index (χ2v) is 3.61. The molecule has 0 aromatic carbocycles. The summed E-state index contributed by atoms with van der Waals surface area (Å²) in [5.41, 5.74) is 0. The first-order valence-corrected chi connectivity index (χ1v) is 4.94. The maximum atomic E-state index is 10.8. The molecule has 0 radical (unpaired) electrons. The molecule has 0 saturated carbocycles. The van der Waals surface area contributed by atoms with Gasteiger partial charge in [-0.15, -0.1) is 10.2 Å². The van der Waals surface area contributed by atoms with Crippen LogP contribution in [0.2, 0.25) is 0 Å². The molecule has 1 saturated heterocycles. The zero-order valence-electron chi connectivity index (χ0n) is 8.46. The number of nitrogens with zero attached hydrogens (tertiary/aromatic N) is 3. The number of hydrogen-bond donors (Lipinski definition) is 1. The summed E-state index contributed by atoms with van der Waals surface area (Å²) >= 11 is 0. The molecule has 0 amide bonds. The van der Waals surface area contributed by atoms with Gasteiger partial charge in [-0.2, -0.15) is 0 Å². The molecule has 1 N–H and O–H groups in total. The third-order valence-electron chi connectivity index (χ3n) is 2.59. The van der Waals surface area contributed by atoms with Crippen molar-refractivity contribution in [2.24, 2.45) is 0 Å². The van der Waals surface area contributed by atoms with Gasteiger partial charge in [0.1, 0.15) is 18.5 Å². The first-order chi connectivity index (χ1) is 7.20. The van der Waals surface area contributed by atoms with Gasteiger partial charge in [-0.1, -0.05) is 0 Å². The third-order valence-corrected chi connectivity index (χ3v) is 2.59. The van der Waals surface area contributed by atoms with Gasteiger partial charge in [-0.3, -0.25) is 0 Å². The first-order valence-electron chi connectivity index (χ1n) is 4.94. The normalized spacial score (nSPS) is 22.9. The van der Waals surface area contributed by atoms with Gasteiger partial charge < -0.3 is 14.4 Å². The highest BCUT2D eigenvalue weighted by Gasteiger charge is 2.26. The molecule has 15 heavy (non-hydrogen) atoms. The average Bonchev–Trinajstić information content (AvgIpc) is 2.86. The van der Waals surface area contributed by atoms with Gasteiger partial charge in [0.15, 0.2) is 5.82 Å². The van der Waals surface area contributed by atoms with Crippen molar-refractivity contribution in [2.45, 2.75) is 31.9 Å². The van der Waals surface area contributed by atoms with Crippen molar-refractivity contribution in [2.75, 3.05) is 6.61 Å². The number of aliphatic carboxylic acids is 1. The Labute approximate surface area is 86.9 Å². The molecule has 1 aromatic rings. The molecule has 2 atom stereocenters. The maximum Gasteiger partial charge on any atom is 0.326 e. The standard InChI is InChI=1S/C9H13N3O3/c1-6(9(13)14)12-5-10-11-8(12)7-3-2-4-15-7/h5-7H,2-4H2,1H3,(H,13,14). The summed E-state index contributed by atoms with van der Waals surface area (Å²) in [5.74, 6) is -0.281. The second-order valence-electron chi connectivity index (χ2n) is 3.61. The van der Waals surface area contributed by atoms with Crippen LogP contribution in [0.15, 0.2) is 6.33 Å². The molecule has 1 aliphatic rings. The highest BCUT2D eigenvalue weighted by Crippen LogP contribution is 2.28. The molecule has 82 valence electrons. The minimum Gasteiger partial charge on any atom is -0.480 e. The average molecular weight is 211 g/mol. The molecule has 6 nitrogen and oxygen atoms in total. The number of hydrogen-bond acceptors (Lipinski definition) is 4. The van der Waals surface area contributed by atoms with Gasteiger partial charge in [0.2, 0.25) is 0 Å². The fraction of sp³-hybridized carbons (Fsp3) is 0.667. The minimum atomic E-state index is -0.894. The van der Waals surface area contributed by atoms with Gasteiger partial charge in [-0.05, 0) is 19.8 Å². The summed E-state index contributed by atoms with van der Waals surface area (Å²) in [5, 5.41) is 16.6. The van der Waals surface area contributed by atoms with Crippen molar-refractivity contribution < 1.29 is 14.6 Å². The van der Waals surface area contributed by atoms with E-state index in [1.165, 1.54) is 6.33 Å². The SMILES string of the molecule is CC(C(=O)O)n1cnnc1C1CCCO1. The predicted molar refractivity (Wildman–Crippen MR) is 50.3 cm³/mol. The van der Waals surface area contributed by atoms with E-state index in [-0.39, 0.29) is 6.10 Å². The Hall–Kier alpha value is -1.43. The maximum absolute atomic E-state index is 10.8. The zero-order valence-corrected chi connectivity index (χ0v) is 8.46. The van der Waals surface area contributed by atoms with Crippen LogP contribution < -0.4 is 0 Å². The van der Waals surface area contributed by atoms with Crippen LogP contribution >= 0.6 is 0 Å². The quantitative estimate of drug-likeness (QED) is 0.799. The summed E-state index contributed by atoms with van der Waals surface area (Å²) in [4.78, 5) is 10.8. The second kappa shape index (κ2) is 3.98. The third kappa shape index (κ3) is 1.85. The van der Waals surface area contributed by atoms with E-state index in [2.05, 4.69) is 10.2 Å². The Kier molecular flexibility index (Phi) is 2.68. The monoisotopic (exact) mass is 211 g/mol. The number of rotatable bonds is 3. The highest BCUT2D eigenvalue weighted by molar-refractivity contribution is 5.71. The van der Waals surface area contributed by atoms with Crippen LogP contribution in [-0.2, 0) is 9.53 Å². The van der Waals surface area contributed by atoms with Crippen LogP contribution in [0.1, 0.15) is 37.7 Å². The molecule has 1 aliphatic heterocycles. The molecule has 1 aromatic heterocycles. The summed E-state index contributed by atoms with van der Waals surface area (Å²) in [6.07, 6.45) is 3.20. The molecule has 2 unspecified atom stereocenters. The molecular formula is C9H13N3O3. The minimum absolute atomic E-state index is 0.103. The Morgan fingerprint density at radius 2 is 2.60 bits per heavy atom. The lowest BCUT2D eigenvalue weighted by Crippen LogP contribution is -2.19. The number of carboxylic acid groups (broad SMARTS) is 1. The van der Waals surface area contributed by atoms with E-state index in [9.17, 15) is 4.79 Å². The number of carbonyl (C=O) groups is 1. The van der Waals surface area contributed by atoms with Gasteiger partial charge in [-0.25, -0.2) is 4.79 Å². The number of carboxylic acids is 1. The summed E-state index contributed by atoms with van der Waals surface area (Å²) in [6.45, 7) is 2.31. The first kappa shape index (κ1) is 10.1. The zero-order chi connectivity index (χ0) is 10.8. The van der Waals surface area contributed by atoms with E-state index < -0.39 is 12.0 Å².